The quantitative estimate of drug-likeness (QED) is 0.772. The number of nitrogens with one attached hydrogen (secondary N) is 1. The summed E-state index contributed by atoms with van der Waals surface area (Å²) in [7, 11) is 0. The first-order valence-electron chi connectivity index (χ1n) is 7.22. The fraction of sp³-hybridized carbons (Fsp3) is 0.733. The van der Waals surface area contributed by atoms with Crippen LogP contribution in [0.3, 0.4) is 0 Å². The minimum absolute atomic E-state index is 0.0637. The molecule has 114 valence electrons. The number of hydrogen-bond acceptors (Lipinski definition) is 5. The maximum Gasteiger partial charge on any atom is 0.138 e. The van der Waals surface area contributed by atoms with Crippen LogP contribution in [0.15, 0.2) is 0 Å². The predicted octanol–water partition coefficient (Wildman–Crippen LogP) is 2.63. The summed E-state index contributed by atoms with van der Waals surface area (Å²) in [6.45, 7) is 12.2. The van der Waals surface area contributed by atoms with Crippen molar-refractivity contribution in [3.8, 4) is 0 Å². The van der Waals surface area contributed by atoms with Crippen molar-refractivity contribution in [3.63, 3.8) is 0 Å². The van der Waals surface area contributed by atoms with Crippen molar-refractivity contribution in [2.24, 2.45) is 0 Å². The molecular weight excluding hydrogens is 252 g/mol. The van der Waals surface area contributed by atoms with Gasteiger partial charge in [-0.25, -0.2) is 9.97 Å². The number of aliphatic hydroxyl groups excluding tert-OH is 1. The van der Waals surface area contributed by atoms with Crippen molar-refractivity contribution >= 4 is 11.6 Å². The summed E-state index contributed by atoms with van der Waals surface area (Å²) in [5.74, 6) is 1.92. The van der Waals surface area contributed by atoms with Crippen LogP contribution in [-0.4, -0.2) is 27.2 Å². The Morgan fingerprint density at radius 2 is 1.70 bits per heavy atom. The summed E-state index contributed by atoms with van der Waals surface area (Å²) < 4.78 is 0. The average Bonchev–Trinajstić information content (AvgIpc) is 2.39. The van der Waals surface area contributed by atoms with Gasteiger partial charge in [-0.05, 0) is 19.8 Å². The molecule has 4 N–H and O–H groups in total. The first kappa shape index (κ1) is 16.7. The highest BCUT2D eigenvalue weighted by molar-refractivity contribution is 5.56. The molecule has 0 saturated heterocycles. The molecule has 0 amide bonds. The normalized spacial score (nSPS) is 12.6. The predicted molar refractivity (Wildman–Crippen MR) is 83.9 cm³/mol. The van der Waals surface area contributed by atoms with E-state index in [2.05, 4.69) is 49.9 Å². The van der Waals surface area contributed by atoms with Crippen LogP contribution in [0, 0.1) is 6.92 Å². The molecule has 0 spiro atoms. The summed E-state index contributed by atoms with van der Waals surface area (Å²) in [6, 6.07) is 0. The van der Waals surface area contributed by atoms with E-state index in [1.165, 1.54) is 0 Å². The zero-order valence-electron chi connectivity index (χ0n) is 13.5. The first-order chi connectivity index (χ1) is 9.19. The molecule has 1 rings (SSSR count). The van der Waals surface area contributed by atoms with E-state index in [0.29, 0.717) is 11.6 Å². The highest BCUT2D eigenvalue weighted by Crippen LogP contribution is 2.28. The maximum atomic E-state index is 9.69. The van der Waals surface area contributed by atoms with Gasteiger partial charge in [-0.15, -0.1) is 0 Å². The van der Waals surface area contributed by atoms with Crippen molar-refractivity contribution in [3.05, 3.63) is 11.4 Å². The first-order valence-corrected chi connectivity index (χ1v) is 7.22. The fourth-order valence-corrected chi connectivity index (χ4v) is 1.93. The lowest BCUT2D eigenvalue weighted by molar-refractivity contribution is 0.202. The Hall–Kier alpha value is -1.36. The van der Waals surface area contributed by atoms with E-state index in [0.717, 1.165) is 24.2 Å². The van der Waals surface area contributed by atoms with Gasteiger partial charge in [0.25, 0.3) is 0 Å². The standard InChI is InChI=1S/C15H28N4O/c1-7-15(8-2,9-20)19-12-10(3)11(16)17-13(18-12)14(4,5)6/h20H,7-9H2,1-6H3,(H3,16,17,18,19). The molecule has 0 aromatic carbocycles. The maximum absolute atomic E-state index is 9.69. The minimum Gasteiger partial charge on any atom is -0.394 e. The second-order valence-electron chi connectivity index (χ2n) is 6.43. The molecule has 0 aliphatic carbocycles. The molecule has 0 radical (unpaired) electrons. The van der Waals surface area contributed by atoms with Crippen LogP contribution in [0.2, 0.25) is 0 Å². The van der Waals surface area contributed by atoms with Gasteiger partial charge in [0, 0.05) is 11.0 Å². The van der Waals surface area contributed by atoms with Crippen molar-refractivity contribution in [1.29, 1.82) is 0 Å². The molecule has 1 aromatic heterocycles. The average molecular weight is 280 g/mol. The Bertz CT molecular complexity index is 453. The molecule has 5 heteroatoms. The Labute approximate surface area is 122 Å². The molecule has 5 nitrogen and oxygen atoms in total. The molecule has 1 aromatic rings. The summed E-state index contributed by atoms with van der Waals surface area (Å²) in [6.07, 6.45) is 1.63. The summed E-state index contributed by atoms with van der Waals surface area (Å²) in [5, 5.41) is 13.1. The monoisotopic (exact) mass is 280 g/mol. The zero-order valence-corrected chi connectivity index (χ0v) is 13.5. The highest BCUT2D eigenvalue weighted by atomic mass is 16.3. The number of nitrogens with zero attached hydrogens (tertiary/aromatic N) is 2. The minimum atomic E-state index is -0.360. The lowest BCUT2D eigenvalue weighted by Crippen LogP contribution is -2.41. The van der Waals surface area contributed by atoms with Crippen molar-refractivity contribution in [2.45, 2.75) is 65.3 Å². The van der Waals surface area contributed by atoms with Crippen molar-refractivity contribution in [2.75, 3.05) is 17.7 Å². The topological polar surface area (TPSA) is 84.1 Å². The second kappa shape index (κ2) is 5.95. The Morgan fingerprint density at radius 3 is 2.10 bits per heavy atom. The number of hydrogen-bond donors (Lipinski definition) is 3. The van der Waals surface area contributed by atoms with E-state index in [1.807, 2.05) is 6.92 Å². The van der Waals surface area contributed by atoms with Crippen molar-refractivity contribution < 1.29 is 5.11 Å². The molecule has 0 aliphatic rings. The fourth-order valence-electron chi connectivity index (χ4n) is 1.93. The van der Waals surface area contributed by atoms with Gasteiger partial charge in [-0.2, -0.15) is 0 Å². The van der Waals surface area contributed by atoms with E-state index in [4.69, 9.17) is 5.73 Å². The number of aliphatic hydroxyl groups is 1. The summed E-state index contributed by atoms with van der Waals surface area (Å²) >= 11 is 0. The van der Waals surface area contributed by atoms with Gasteiger partial charge < -0.3 is 16.2 Å². The van der Waals surface area contributed by atoms with Gasteiger partial charge in [-0.3, -0.25) is 0 Å². The van der Waals surface area contributed by atoms with Gasteiger partial charge >= 0.3 is 0 Å². The largest absolute Gasteiger partial charge is 0.394 e. The number of nitrogen functional groups attached to an aromatic ring is 1. The van der Waals surface area contributed by atoms with Crippen molar-refractivity contribution in [1.82, 2.24) is 9.97 Å². The molecular formula is C15H28N4O. The summed E-state index contributed by atoms with van der Waals surface area (Å²) in [5.41, 5.74) is 6.31. The van der Waals surface area contributed by atoms with Crippen LogP contribution >= 0.6 is 0 Å². The van der Waals surface area contributed by atoms with Crippen LogP contribution in [0.1, 0.15) is 58.8 Å². The molecule has 0 fully saturated rings. The molecule has 0 unspecified atom stereocenters. The van der Waals surface area contributed by atoms with Crippen LogP contribution in [0.25, 0.3) is 0 Å². The third-order valence-electron chi connectivity index (χ3n) is 3.89. The lowest BCUT2D eigenvalue weighted by atomic mass is 9.93. The molecule has 0 atom stereocenters. The van der Waals surface area contributed by atoms with Crippen LogP contribution in [-0.2, 0) is 5.41 Å². The number of nitrogens with two attached hydrogens (primary N) is 1. The van der Waals surface area contributed by atoms with E-state index in [1.54, 1.807) is 0 Å². The third-order valence-corrected chi connectivity index (χ3v) is 3.89. The molecule has 20 heavy (non-hydrogen) atoms. The van der Waals surface area contributed by atoms with E-state index in [-0.39, 0.29) is 17.6 Å². The van der Waals surface area contributed by atoms with Gasteiger partial charge in [0.15, 0.2) is 0 Å². The van der Waals surface area contributed by atoms with Gasteiger partial charge in [0.05, 0.1) is 12.1 Å². The number of anilines is 2. The third kappa shape index (κ3) is 3.39. The van der Waals surface area contributed by atoms with Crippen LogP contribution in [0.4, 0.5) is 11.6 Å². The SMILES string of the molecule is CCC(CC)(CO)Nc1nc(C(C)(C)C)nc(N)c1C. The Kier molecular flexibility index (Phi) is 4.97. The van der Waals surface area contributed by atoms with Gasteiger partial charge in [0.2, 0.25) is 0 Å². The Balaban J connectivity index is 3.27. The van der Waals surface area contributed by atoms with E-state index >= 15 is 0 Å². The smallest absolute Gasteiger partial charge is 0.138 e. The summed E-state index contributed by atoms with van der Waals surface area (Å²) in [4.78, 5) is 9.00. The highest BCUT2D eigenvalue weighted by Gasteiger charge is 2.28. The number of rotatable bonds is 5. The molecule has 0 saturated carbocycles. The van der Waals surface area contributed by atoms with Crippen LogP contribution < -0.4 is 11.1 Å². The molecule has 1 heterocycles. The van der Waals surface area contributed by atoms with E-state index in [9.17, 15) is 5.11 Å². The van der Waals surface area contributed by atoms with Gasteiger partial charge in [0.1, 0.15) is 17.5 Å². The molecule has 0 bridgehead atoms. The zero-order chi connectivity index (χ0) is 15.6. The Morgan fingerprint density at radius 1 is 1.15 bits per heavy atom. The lowest BCUT2D eigenvalue weighted by Gasteiger charge is -2.32. The van der Waals surface area contributed by atoms with Crippen LogP contribution in [0.5, 0.6) is 0 Å². The molecule has 0 aliphatic heterocycles. The number of aromatic nitrogens is 2. The second-order valence-corrected chi connectivity index (χ2v) is 6.43. The van der Waals surface area contributed by atoms with E-state index < -0.39 is 0 Å². The van der Waals surface area contributed by atoms with Gasteiger partial charge in [-0.1, -0.05) is 34.6 Å².